The third-order valence-corrected chi connectivity index (χ3v) is 5.87. The number of benzene rings is 1. The summed E-state index contributed by atoms with van der Waals surface area (Å²) in [6.45, 7) is 0.668. The number of aromatic nitrogens is 3. The van der Waals surface area contributed by atoms with Crippen LogP contribution in [0.3, 0.4) is 0 Å². The van der Waals surface area contributed by atoms with Gasteiger partial charge in [0, 0.05) is 36.2 Å². The summed E-state index contributed by atoms with van der Waals surface area (Å²) in [5.74, 6) is 0.359. The lowest BCUT2D eigenvalue weighted by atomic mass is 10.1. The maximum atomic E-state index is 12.9. The fourth-order valence-corrected chi connectivity index (χ4v) is 3.94. The van der Waals surface area contributed by atoms with E-state index in [0.29, 0.717) is 29.6 Å². The molecule has 0 aliphatic rings. The maximum absolute atomic E-state index is 12.9. The number of pyridine rings is 1. The van der Waals surface area contributed by atoms with E-state index < -0.39 is 11.9 Å². The van der Waals surface area contributed by atoms with Gasteiger partial charge in [0.25, 0.3) is 5.91 Å². The van der Waals surface area contributed by atoms with Crippen LogP contribution in [0.2, 0.25) is 10.0 Å². The molecule has 2 heterocycles. The van der Waals surface area contributed by atoms with Gasteiger partial charge in [0.1, 0.15) is 6.04 Å². The Kier molecular flexibility index (Phi) is 8.96. The lowest BCUT2D eigenvalue weighted by Crippen LogP contribution is -2.44. The predicted octanol–water partition coefficient (Wildman–Crippen LogP) is 4.32. The summed E-state index contributed by atoms with van der Waals surface area (Å²) >= 11 is 13.6. The van der Waals surface area contributed by atoms with Crippen molar-refractivity contribution in [2.75, 3.05) is 17.3 Å². The smallest absolute Gasteiger partial charge is 0.253 e. The highest BCUT2D eigenvalue weighted by Crippen LogP contribution is 2.21. The van der Waals surface area contributed by atoms with E-state index in [1.165, 1.54) is 12.1 Å². The van der Waals surface area contributed by atoms with Gasteiger partial charge in [-0.3, -0.25) is 19.3 Å². The summed E-state index contributed by atoms with van der Waals surface area (Å²) in [6, 6.07) is 9.52. The fraction of sp³-hybridized carbons (Fsp3) is 0.273. The Morgan fingerprint density at radius 3 is 2.66 bits per heavy atom. The third-order valence-electron chi connectivity index (χ3n) is 4.68. The van der Waals surface area contributed by atoms with Crippen molar-refractivity contribution >= 4 is 52.6 Å². The first kappa shape index (κ1) is 24.1. The second-order valence-corrected chi connectivity index (χ2v) is 8.82. The van der Waals surface area contributed by atoms with Crippen LogP contribution in [0.1, 0.15) is 22.3 Å². The molecule has 2 N–H and O–H groups in total. The molecule has 0 radical (unpaired) electrons. The molecule has 1 aromatic carbocycles. The zero-order chi connectivity index (χ0) is 22.9. The number of nitrogens with one attached hydrogen (secondary N) is 2. The van der Waals surface area contributed by atoms with Crippen LogP contribution in [0.15, 0.2) is 55.0 Å². The lowest BCUT2D eigenvalue weighted by Gasteiger charge is -2.18. The number of halogens is 2. The van der Waals surface area contributed by atoms with E-state index in [-0.39, 0.29) is 16.5 Å². The Morgan fingerprint density at radius 1 is 1.16 bits per heavy atom. The van der Waals surface area contributed by atoms with E-state index in [1.54, 1.807) is 47.2 Å². The van der Waals surface area contributed by atoms with Crippen LogP contribution < -0.4 is 10.6 Å². The van der Waals surface area contributed by atoms with Gasteiger partial charge in [-0.1, -0.05) is 23.2 Å². The number of rotatable bonds is 10. The molecule has 1 atom stereocenters. The van der Waals surface area contributed by atoms with Gasteiger partial charge >= 0.3 is 0 Å². The number of nitrogens with zero attached hydrogens (tertiary/aromatic N) is 3. The third kappa shape index (κ3) is 6.98. The minimum Gasteiger partial charge on any atom is -0.340 e. The van der Waals surface area contributed by atoms with E-state index in [1.807, 2.05) is 18.4 Å². The van der Waals surface area contributed by atoms with Crippen LogP contribution in [0.25, 0.3) is 0 Å². The quantitative estimate of drug-likeness (QED) is 0.440. The van der Waals surface area contributed by atoms with Gasteiger partial charge in [0.15, 0.2) is 5.82 Å². The summed E-state index contributed by atoms with van der Waals surface area (Å²) in [6.07, 6.45) is 8.52. The molecule has 0 saturated heterocycles. The second-order valence-electron chi connectivity index (χ2n) is 6.99. The standard InChI is InChI=1S/C22H23Cl2N5O2S/c1-32-13-8-19(26-21(30)17-3-2-16(23)14-18(17)24)22(31)27-20-7-12-29(28-20)11-6-15-4-9-25-10-5-15/h2-5,7,9-10,12,14,19H,6,8,11,13H2,1H3,(H,26,30)(H,27,28,31). The molecule has 7 nitrogen and oxygen atoms in total. The number of hydrogen-bond donors (Lipinski definition) is 2. The van der Waals surface area contributed by atoms with Crippen LogP contribution in [0.4, 0.5) is 5.82 Å². The van der Waals surface area contributed by atoms with E-state index >= 15 is 0 Å². The van der Waals surface area contributed by atoms with Crippen LogP contribution >= 0.6 is 35.0 Å². The van der Waals surface area contributed by atoms with Crippen LogP contribution in [0, 0.1) is 0 Å². The van der Waals surface area contributed by atoms with Gasteiger partial charge in [-0.15, -0.1) is 0 Å². The Morgan fingerprint density at radius 2 is 1.94 bits per heavy atom. The molecule has 0 spiro atoms. The summed E-state index contributed by atoms with van der Waals surface area (Å²) < 4.78 is 1.76. The highest BCUT2D eigenvalue weighted by atomic mass is 35.5. The molecule has 32 heavy (non-hydrogen) atoms. The first-order valence-electron chi connectivity index (χ1n) is 9.94. The Labute approximate surface area is 200 Å². The maximum Gasteiger partial charge on any atom is 0.253 e. The van der Waals surface area contributed by atoms with Gasteiger partial charge in [-0.2, -0.15) is 16.9 Å². The molecule has 10 heteroatoms. The molecular formula is C22H23Cl2N5O2S. The van der Waals surface area contributed by atoms with Gasteiger partial charge in [-0.25, -0.2) is 0 Å². The van der Waals surface area contributed by atoms with E-state index in [2.05, 4.69) is 20.7 Å². The molecular weight excluding hydrogens is 469 g/mol. The number of aryl methyl sites for hydroxylation is 2. The fourth-order valence-electron chi connectivity index (χ4n) is 2.97. The average molecular weight is 492 g/mol. The predicted molar refractivity (Wildman–Crippen MR) is 130 cm³/mol. The van der Waals surface area contributed by atoms with Crippen LogP contribution in [-0.2, 0) is 17.8 Å². The summed E-state index contributed by atoms with van der Waals surface area (Å²) in [5, 5.41) is 10.6. The van der Waals surface area contributed by atoms with E-state index in [0.717, 1.165) is 12.0 Å². The first-order chi connectivity index (χ1) is 15.5. The molecule has 168 valence electrons. The van der Waals surface area contributed by atoms with Crippen LogP contribution in [-0.4, -0.2) is 44.6 Å². The minimum atomic E-state index is -0.733. The van der Waals surface area contributed by atoms with Crippen molar-refractivity contribution in [2.45, 2.75) is 25.4 Å². The summed E-state index contributed by atoms with van der Waals surface area (Å²) in [4.78, 5) is 29.6. The van der Waals surface area contributed by atoms with Crippen molar-refractivity contribution in [3.8, 4) is 0 Å². The topological polar surface area (TPSA) is 88.9 Å². The normalized spacial score (nSPS) is 11.7. The van der Waals surface area contributed by atoms with E-state index in [4.69, 9.17) is 23.2 Å². The van der Waals surface area contributed by atoms with Crippen molar-refractivity contribution in [3.63, 3.8) is 0 Å². The molecule has 3 aromatic rings. The number of thioether (sulfide) groups is 1. The molecule has 2 amide bonds. The largest absolute Gasteiger partial charge is 0.340 e. The second kappa shape index (κ2) is 11.9. The molecule has 0 aliphatic carbocycles. The SMILES string of the molecule is CSCCC(NC(=O)c1ccc(Cl)cc1Cl)C(=O)Nc1ccn(CCc2ccncc2)n1. The number of amides is 2. The molecule has 3 rings (SSSR count). The molecule has 1 unspecified atom stereocenters. The monoisotopic (exact) mass is 491 g/mol. The molecule has 0 fully saturated rings. The molecule has 0 bridgehead atoms. The summed E-state index contributed by atoms with van der Waals surface area (Å²) in [7, 11) is 0. The molecule has 2 aromatic heterocycles. The number of carbonyl (C=O) groups excluding carboxylic acids is 2. The van der Waals surface area contributed by atoms with Gasteiger partial charge in [0.2, 0.25) is 5.91 Å². The zero-order valence-electron chi connectivity index (χ0n) is 17.4. The van der Waals surface area contributed by atoms with Gasteiger partial charge < -0.3 is 10.6 Å². The Balaban J connectivity index is 1.61. The zero-order valence-corrected chi connectivity index (χ0v) is 19.8. The van der Waals surface area contributed by atoms with Gasteiger partial charge in [-0.05, 0) is 60.7 Å². The highest BCUT2D eigenvalue weighted by Gasteiger charge is 2.23. The number of carbonyl (C=O) groups is 2. The van der Waals surface area contributed by atoms with Gasteiger partial charge in [0.05, 0.1) is 10.6 Å². The van der Waals surface area contributed by atoms with Crippen molar-refractivity contribution in [1.82, 2.24) is 20.1 Å². The van der Waals surface area contributed by atoms with Crippen molar-refractivity contribution in [1.29, 1.82) is 0 Å². The van der Waals surface area contributed by atoms with Crippen molar-refractivity contribution in [3.05, 3.63) is 76.2 Å². The highest BCUT2D eigenvalue weighted by molar-refractivity contribution is 7.98. The summed E-state index contributed by atoms with van der Waals surface area (Å²) in [5.41, 5.74) is 1.42. The first-order valence-corrected chi connectivity index (χ1v) is 12.1. The lowest BCUT2D eigenvalue weighted by molar-refractivity contribution is -0.118. The Hall–Kier alpha value is -2.55. The average Bonchev–Trinajstić information content (AvgIpc) is 3.23. The molecule has 0 aliphatic heterocycles. The van der Waals surface area contributed by atoms with Crippen molar-refractivity contribution in [2.24, 2.45) is 0 Å². The molecule has 0 saturated carbocycles. The Bertz CT molecular complexity index is 1060. The minimum absolute atomic E-state index is 0.229. The number of anilines is 1. The van der Waals surface area contributed by atoms with Crippen molar-refractivity contribution < 1.29 is 9.59 Å². The van der Waals surface area contributed by atoms with Crippen LogP contribution in [0.5, 0.6) is 0 Å². The van der Waals surface area contributed by atoms with E-state index in [9.17, 15) is 9.59 Å². The number of hydrogen-bond acceptors (Lipinski definition) is 5.